The number of carbonyl (C=O) groups is 1. The van der Waals surface area contributed by atoms with Crippen LogP contribution in [-0.4, -0.2) is 33.0 Å². The van der Waals surface area contributed by atoms with Gasteiger partial charge in [0.15, 0.2) is 0 Å². The molecule has 0 aromatic heterocycles. The Kier molecular flexibility index (Phi) is 3.63. The van der Waals surface area contributed by atoms with Crippen LogP contribution >= 0.6 is 0 Å². The first-order valence-corrected chi connectivity index (χ1v) is 5.68. The maximum Gasteiger partial charge on any atom is 0.264 e. The zero-order chi connectivity index (χ0) is 12.3. The molecule has 0 aliphatic heterocycles. The van der Waals surface area contributed by atoms with Crippen molar-refractivity contribution in [2.45, 2.75) is 4.90 Å². The summed E-state index contributed by atoms with van der Waals surface area (Å²) in [5, 5.41) is 10.6. The van der Waals surface area contributed by atoms with Gasteiger partial charge in [-0.05, 0) is 17.7 Å². The average molecular weight is 244 g/mol. The van der Waals surface area contributed by atoms with Gasteiger partial charge in [-0.25, -0.2) is 8.42 Å². The van der Waals surface area contributed by atoms with Crippen molar-refractivity contribution < 1.29 is 23.2 Å². The van der Waals surface area contributed by atoms with Crippen LogP contribution in [0, 0.1) is 0 Å². The van der Waals surface area contributed by atoms with Gasteiger partial charge in [0.25, 0.3) is 10.0 Å². The molecule has 16 heavy (non-hydrogen) atoms. The van der Waals surface area contributed by atoms with Gasteiger partial charge in [0, 0.05) is 7.05 Å². The fraction of sp³-hybridized carbons (Fsp3) is 0.222. The van der Waals surface area contributed by atoms with E-state index < -0.39 is 16.0 Å². The van der Waals surface area contributed by atoms with Crippen LogP contribution in [0.3, 0.4) is 0 Å². The lowest BCUT2D eigenvalue weighted by molar-refractivity contribution is -0.255. The van der Waals surface area contributed by atoms with Gasteiger partial charge in [-0.2, -0.15) is 0 Å². The van der Waals surface area contributed by atoms with Gasteiger partial charge < -0.3 is 9.90 Å². The maximum absolute atomic E-state index is 11.7. The molecule has 0 atom stereocenters. The van der Waals surface area contributed by atoms with Crippen LogP contribution in [0.2, 0.25) is 0 Å². The Morgan fingerprint density at radius 1 is 1.44 bits per heavy atom. The summed E-state index contributed by atoms with van der Waals surface area (Å²) in [5.74, 6) is -1.43. The Balaban J connectivity index is 3.24. The minimum absolute atomic E-state index is 0.168. The van der Waals surface area contributed by atoms with E-state index in [0.717, 1.165) is 6.07 Å². The number of hydrogen-bond donors (Lipinski definition) is 0. The Bertz CT molecular complexity index is 496. The van der Waals surface area contributed by atoms with Crippen LogP contribution in [0.15, 0.2) is 29.2 Å². The van der Waals surface area contributed by atoms with Gasteiger partial charge >= 0.3 is 0 Å². The fourth-order valence-corrected chi connectivity index (χ4v) is 2.05. The number of aromatic carboxylic acids is 1. The van der Waals surface area contributed by atoms with E-state index in [1.165, 1.54) is 32.4 Å². The molecule has 0 aliphatic rings. The van der Waals surface area contributed by atoms with E-state index in [0.29, 0.717) is 4.47 Å². The molecule has 0 heterocycles. The highest BCUT2D eigenvalue weighted by molar-refractivity contribution is 7.89. The predicted molar refractivity (Wildman–Crippen MR) is 52.7 cm³/mol. The first kappa shape index (κ1) is 12.6. The average Bonchev–Trinajstić information content (AvgIpc) is 2.28. The standard InChI is InChI=1S/C9H11NO5S/c1-10(15-2)16(13,14)8-5-3-4-7(6-8)9(11)12/h3-6H,1-2H3,(H,11,12)/p-1. The van der Waals surface area contributed by atoms with Gasteiger partial charge in [-0.3, -0.25) is 4.84 Å². The Morgan fingerprint density at radius 2 is 2.06 bits per heavy atom. The van der Waals surface area contributed by atoms with E-state index in [1.54, 1.807) is 0 Å². The summed E-state index contributed by atoms with van der Waals surface area (Å²) in [4.78, 5) is 15.0. The normalized spacial score (nSPS) is 11.7. The van der Waals surface area contributed by atoms with Crippen LogP contribution in [0.25, 0.3) is 0 Å². The van der Waals surface area contributed by atoms with E-state index in [-0.39, 0.29) is 10.5 Å². The SMILES string of the molecule is CON(C)S(=O)(=O)c1cccc(C(=O)[O-])c1. The van der Waals surface area contributed by atoms with Crippen molar-refractivity contribution in [1.82, 2.24) is 4.47 Å². The predicted octanol–water partition coefficient (Wildman–Crippen LogP) is -0.768. The highest BCUT2D eigenvalue weighted by Gasteiger charge is 2.20. The van der Waals surface area contributed by atoms with Gasteiger partial charge in [-0.15, -0.1) is 0 Å². The van der Waals surface area contributed by atoms with E-state index in [4.69, 9.17) is 0 Å². The van der Waals surface area contributed by atoms with Crippen LogP contribution < -0.4 is 5.11 Å². The number of hydroxylamine groups is 1. The Hall–Kier alpha value is -1.44. The molecule has 1 aromatic rings. The third kappa shape index (κ3) is 2.38. The minimum Gasteiger partial charge on any atom is -0.545 e. The molecule has 0 amide bonds. The Labute approximate surface area is 93.1 Å². The molecule has 0 spiro atoms. The summed E-state index contributed by atoms with van der Waals surface area (Å²) in [6, 6.07) is 4.86. The number of rotatable bonds is 4. The summed E-state index contributed by atoms with van der Waals surface area (Å²) in [7, 11) is -1.42. The van der Waals surface area contributed by atoms with Crippen molar-refractivity contribution in [3.63, 3.8) is 0 Å². The molecule has 0 radical (unpaired) electrons. The summed E-state index contributed by atoms with van der Waals surface area (Å²) >= 11 is 0. The summed E-state index contributed by atoms with van der Waals surface area (Å²) in [5.41, 5.74) is -0.203. The van der Waals surface area contributed by atoms with Gasteiger partial charge in [-0.1, -0.05) is 16.6 Å². The topological polar surface area (TPSA) is 86.7 Å². The lowest BCUT2D eigenvalue weighted by Crippen LogP contribution is -2.27. The van der Waals surface area contributed by atoms with Gasteiger partial charge in [0.1, 0.15) is 0 Å². The van der Waals surface area contributed by atoms with Crippen LogP contribution in [0.1, 0.15) is 10.4 Å². The molecule has 0 saturated heterocycles. The summed E-state index contributed by atoms with van der Waals surface area (Å²) in [6.45, 7) is 0. The lowest BCUT2D eigenvalue weighted by Gasteiger charge is -2.14. The molecule has 0 fully saturated rings. The number of carboxylic acids is 1. The van der Waals surface area contributed by atoms with Crippen LogP contribution in [0.4, 0.5) is 0 Å². The van der Waals surface area contributed by atoms with Crippen LogP contribution in [0.5, 0.6) is 0 Å². The monoisotopic (exact) mass is 244 g/mol. The van der Waals surface area contributed by atoms with E-state index in [9.17, 15) is 18.3 Å². The van der Waals surface area contributed by atoms with Crippen LogP contribution in [-0.2, 0) is 14.9 Å². The van der Waals surface area contributed by atoms with Gasteiger partial charge in [0.05, 0.1) is 18.0 Å². The number of benzene rings is 1. The van der Waals surface area contributed by atoms with Crippen molar-refractivity contribution in [1.29, 1.82) is 0 Å². The molecule has 0 saturated carbocycles. The lowest BCUT2D eigenvalue weighted by atomic mass is 10.2. The van der Waals surface area contributed by atoms with Crippen molar-refractivity contribution in [3.05, 3.63) is 29.8 Å². The van der Waals surface area contributed by atoms with Crippen molar-refractivity contribution in [3.8, 4) is 0 Å². The molecular weight excluding hydrogens is 234 g/mol. The second-order valence-corrected chi connectivity index (χ2v) is 4.85. The fourth-order valence-electron chi connectivity index (χ4n) is 1.03. The number of hydrogen-bond acceptors (Lipinski definition) is 5. The van der Waals surface area contributed by atoms with Crippen molar-refractivity contribution >= 4 is 16.0 Å². The number of carboxylic acid groups (broad SMARTS) is 1. The minimum atomic E-state index is -3.83. The molecule has 0 unspecified atom stereocenters. The molecule has 0 N–H and O–H groups in total. The molecule has 1 aromatic carbocycles. The zero-order valence-corrected chi connectivity index (χ0v) is 9.52. The second kappa shape index (κ2) is 4.60. The molecule has 6 nitrogen and oxygen atoms in total. The van der Waals surface area contributed by atoms with E-state index >= 15 is 0 Å². The number of carbonyl (C=O) groups excluding carboxylic acids is 1. The first-order chi connectivity index (χ1) is 7.39. The number of nitrogens with zero attached hydrogens (tertiary/aromatic N) is 1. The number of sulfonamides is 1. The van der Waals surface area contributed by atoms with Crippen molar-refractivity contribution in [2.24, 2.45) is 0 Å². The molecular formula is C9H10NO5S-. The highest BCUT2D eigenvalue weighted by Crippen LogP contribution is 2.15. The highest BCUT2D eigenvalue weighted by atomic mass is 32.2. The molecule has 88 valence electrons. The molecule has 1 rings (SSSR count). The maximum atomic E-state index is 11.7. The first-order valence-electron chi connectivity index (χ1n) is 4.24. The summed E-state index contributed by atoms with van der Waals surface area (Å²) < 4.78 is 24.1. The Morgan fingerprint density at radius 3 is 2.56 bits per heavy atom. The quantitative estimate of drug-likeness (QED) is 0.649. The van der Waals surface area contributed by atoms with Crippen molar-refractivity contribution in [2.75, 3.05) is 14.2 Å². The second-order valence-electron chi connectivity index (χ2n) is 2.91. The van der Waals surface area contributed by atoms with E-state index in [1.807, 2.05) is 0 Å². The molecule has 0 aliphatic carbocycles. The molecule has 7 heteroatoms. The molecule has 0 bridgehead atoms. The zero-order valence-electron chi connectivity index (χ0n) is 8.71. The third-order valence-electron chi connectivity index (χ3n) is 1.96. The smallest absolute Gasteiger partial charge is 0.264 e. The summed E-state index contributed by atoms with van der Waals surface area (Å²) in [6.07, 6.45) is 0. The largest absolute Gasteiger partial charge is 0.545 e. The van der Waals surface area contributed by atoms with E-state index in [2.05, 4.69) is 4.84 Å². The third-order valence-corrected chi connectivity index (χ3v) is 3.64. The van der Waals surface area contributed by atoms with Gasteiger partial charge in [0.2, 0.25) is 0 Å².